The second kappa shape index (κ2) is 9.90. The molecule has 1 aliphatic heterocycles. The van der Waals surface area contributed by atoms with Gasteiger partial charge in [0.05, 0.1) is 0 Å². The number of hydrogen-bond donors (Lipinski definition) is 1. The minimum absolute atomic E-state index is 0.0192. The van der Waals surface area contributed by atoms with Gasteiger partial charge >= 0.3 is 201 Å². The topological polar surface area (TPSA) is 60.0 Å². The van der Waals surface area contributed by atoms with Crippen molar-refractivity contribution >= 4 is 31.8 Å². The van der Waals surface area contributed by atoms with Crippen molar-refractivity contribution in [1.29, 1.82) is 0 Å². The van der Waals surface area contributed by atoms with Crippen LogP contribution < -0.4 is 22.8 Å². The van der Waals surface area contributed by atoms with E-state index in [0.29, 0.717) is 11.5 Å². The van der Waals surface area contributed by atoms with Crippen molar-refractivity contribution in [3.8, 4) is 17.2 Å². The molecule has 2 atom stereocenters. The average molecular weight is 574 g/mol. The Morgan fingerprint density at radius 3 is 2.58 bits per heavy atom. The zero-order chi connectivity index (χ0) is 23.6. The normalized spacial score (nSPS) is 20.8. The van der Waals surface area contributed by atoms with Crippen LogP contribution in [0.25, 0.3) is 0 Å². The fraction of sp³-hybridized carbons (Fsp3) is 0.458. The molecule has 2 fully saturated rings. The molecule has 6 nitrogen and oxygen atoms in total. The molecule has 1 aliphatic carbocycles. The molecule has 1 amide bonds. The molecule has 1 heterocycles. The predicted octanol–water partition coefficient (Wildman–Crippen LogP) is 5.20. The summed E-state index contributed by atoms with van der Waals surface area (Å²) in [6, 6.07) is 13.4. The molecule has 1 saturated carbocycles. The summed E-state index contributed by atoms with van der Waals surface area (Å²) in [6.45, 7) is 4.36. The van der Waals surface area contributed by atoms with Gasteiger partial charge < -0.3 is 0 Å². The fourth-order valence-corrected chi connectivity index (χ4v) is 8.16. The van der Waals surface area contributed by atoms with Crippen LogP contribution in [0.1, 0.15) is 31.9 Å². The van der Waals surface area contributed by atoms with Crippen molar-refractivity contribution in [2.24, 2.45) is 5.92 Å². The number of carbonyl (C=O) groups is 1. The number of carbonyl (C=O) groups excluding carboxylic acids is 1. The minimum atomic E-state index is -2.58. The van der Waals surface area contributed by atoms with Gasteiger partial charge in [-0.1, -0.05) is 0 Å². The van der Waals surface area contributed by atoms with Crippen LogP contribution in [-0.2, 0) is 4.79 Å². The summed E-state index contributed by atoms with van der Waals surface area (Å²) in [5.41, 5.74) is 2.00. The number of benzene rings is 2. The fourth-order valence-electron chi connectivity index (χ4n) is 3.70. The summed E-state index contributed by atoms with van der Waals surface area (Å²) >= 11 is -1.69. The van der Waals surface area contributed by atoms with E-state index in [1.54, 1.807) is 13.2 Å². The van der Waals surface area contributed by atoms with Gasteiger partial charge in [0, 0.05) is 0 Å². The van der Waals surface area contributed by atoms with Gasteiger partial charge in [0.15, 0.2) is 0 Å². The number of amides is 1. The Labute approximate surface area is 200 Å². The van der Waals surface area contributed by atoms with Gasteiger partial charge in [-0.3, -0.25) is 0 Å². The number of nitrogens with zero attached hydrogens (tertiary/aromatic N) is 1. The Balaban J connectivity index is 1.33. The maximum atomic E-state index is 13.1. The van der Waals surface area contributed by atoms with Gasteiger partial charge in [0.1, 0.15) is 0 Å². The Bertz CT molecular complexity index is 989. The molecule has 0 radical (unpaired) electrons. The number of anilines is 1. The Morgan fingerprint density at radius 2 is 1.94 bits per heavy atom. The second-order valence-corrected chi connectivity index (χ2v) is 12.9. The van der Waals surface area contributed by atoms with Crippen molar-refractivity contribution < 1.29 is 26.1 Å². The molecule has 1 N–H and O–H groups in total. The van der Waals surface area contributed by atoms with E-state index in [1.807, 2.05) is 43.3 Å². The quantitative estimate of drug-likeness (QED) is 0.254. The molecule has 0 bridgehead atoms. The molecule has 9 heteroatoms. The van der Waals surface area contributed by atoms with Gasteiger partial charge in [-0.25, -0.2) is 0 Å². The Morgan fingerprint density at radius 1 is 1.24 bits per heavy atom. The Kier molecular flexibility index (Phi) is 7.16. The van der Waals surface area contributed by atoms with Crippen molar-refractivity contribution in [2.45, 2.75) is 32.2 Å². The zero-order valence-electron chi connectivity index (χ0n) is 18.9. The van der Waals surface area contributed by atoms with E-state index in [2.05, 4.69) is 10.2 Å². The number of alkyl halides is 4. The molecule has 0 aromatic heterocycles. The molecular weight excluding hydrogens is 545 g/mol. The summed E-state index contributed by atoms with van der Waals surface area (Å²) < 4.78 is 45.5. The number of nitrogens with one attached hydrogen (secondary N) is 1. The van der Waals surface area contributed by atoms with Gasteiger partial charge in [0.2, 0.25) is 0 Å². The van der Waals surface area contributed by atoms with Crippen LogP contribution >= 0.6 is 20.2 Å². The van der Waals surface area contributed by atoms with Gasteiger partial charge in [-0.15, -0.1) is 0 Å². The zero-order valence-corrected chi connectivity index (χ0v) is 21.1. The summed E-state index contributed by atoms with van der Waals surface area (Å²) in [5.74, 6) is -1.25. The van der Waals surface area contributed by atoms with Crippen LogP contribution in [0, 0.1) is 5.92 Å². The monoisotopic (exact) mass is 574 g/mol. The summed E-state index contributed by atoms with van der Waals surface area (Å²) in [5, 5.41) is 2.88. The van der Waals surface area contributed by atoms with Crippen LogP contribution in [0.5, 0.6) is 17.2 Å². The number of methoxy groups -OCH3 is 1. The standard InChI is InChI=1S/C24H29F2IN2O4/c1-16(28-17(2)30)18-4-6-20(7-5-18)33-27-10-11-29(15-27)22-9-8-21(12-23(22)31-3)32-14-19-13-24(19,25)26/h4-9,12,16,19H,10-11,13-15H2,1-3H3,(H,28,30)/t16-,19?/m0/s1. The molecule has 0 spiro atoms. The van der Waals surface area contributed by atoms with Crippen LogP contribution in [0.15, 0.2) is 42.5 Å². The first-order chi connectivity index (χ1) is 15.7. The molecule has 33 heavy (non-hydrogen) atoms. The molecule has 1 saturated heterocycles. The van der Waals surface area contributed by atoms with E-state index in [9.17, 15) is 13.6 Å². The SMILES string of the molecule is COc1cc(OCC2CC2(F)F)ccc1N1CCI(Oc2ccc([C@H](C)NC(C)=O)cc2)C1. The summed E-state index contributed by atoms with van der Waals surface area (Å²) in [4.78, 5) is 13.5. The number of hydrogen-bond acceptors (Lipinski definition) is 5. The Hall–Kier alpha value is -2.30. The van der Waals surface area contributed by atoms with Crippen molar-refractivity contribution in [2.75, 3.05) is 34.1 Å². The third kappa shape index (κ3) is 5.99. The van der Waals surface area contributed by atoms with Gasteiger partial charge in [-0.05, 0) is 0 Å². The van der Waals surface area contributed by atoms with Gasteiger partial charge in [0.25, 0.3) is 0 Å². The first-order valence-corrected chi connectivity index (χ1v) is 14.8. The molecule has 4 rings (SSSR count). The predicted molar refractivity (Wildman–Crippen MR) is 132 cm³/mol. The van der Waals surface area contributed by atoms with Crippen molar-refractivity contribution in [3.05, 3.63) is 48.0 Å². The van der Waals surface area contributed by atoms with Crippen LogP contribution in [0.2, 0.25) is 0 Å². The molecule has 2 aromatic rings. The van der Waals surface area contributed by atoms with E-state index in [1.165, 1.54) is 6.92 Å². The number of ether oxygens (including phenoxy) is 2. The van der Waals surface area contributed by atoms with E-state index < -0.39 is 32.1 Å². The third-order valence-corrected chi connectivity index (χ3v) is 10.1. The second-order valence-electron chi connectivity index (χ2n) is 8.35. The van der Waals surface area contributed by atoms with Gasteiger partial charge in [-0.2, -0.15) is 0 Å². The molecular formula is C24H29F2IN2O4. The van der Waals surface area contributed by atoms with Crippen molar-refractivity contribution in [3.63, 3.8) is 0 Å². The average Bonchev–Trinajstić information content (AvgIpc) is 3.16. The first-order valence-electron chi connectivity index (χ1n) is 10.9. The maximum absolute atomic E-state index is 13.1. The number of rotatable bonds is 9. The molecule has 1 unspecified atom stereocenters. The van der Waals surface area contributed by atoms with E-state index in [0.717, 1.165) is 32.5 Å². The summed E-state index contributed by atoms with van der Waals surface area (Å²) in [7, 11) is 1.60. The van der Waals surface area contributed by atoms with Crippen molar-refractivity contribution in [1.82, 2.24) is 5.32 Å². The molecule has 180 valence electrons. The third-order valence-electron chi connectivity index (χ3n) is 5.74. The van der Waals surface area contributed by atoms with E-state index in [4.69, 9.17) is 12.5 Å². The first kappa shape index (κ1) is 23.8. The van der Waals surface area contributed by atoms with E-state index in [-0.39, 0.29) is 25.0 Å². The number of halogens is 3. The summed E-state index contributed by atoms with van der Waals surface area (Å²) in [6.07, 6.45) is -0.0976. The van der Waals surface area contributed by atoms with Crippen LogP contribution in [-0.4, -0.2) is 41.1 Å². The molecule has 2 aromatic carbocycles. The van der Waals surface area contributed by atoms with Crippen LogP contribution in [0.4, 0.5) is 14.5 Å². The van der Waals surface area contributed by atoms with E-state index >= 15 is 0 Å². The molecule has 2 aliphatic rings. The van der Waals surface area contributed by atoms with Crippen LogP contribution in [0.3, 0.4) is 0 Å².